The van der Waals surface area contributed by atoms with Crippen molar-refractivity contribution >= 4 is 46.0 Å². The third kappa shape index (κ3) is 4.10. The molecular weight excluding hydrogens is 462 g/mol. The molecule has 0 N–H and O–H groups in total. The molecule has 172 valence electrons. The summed E-state index contributed by atoms with van der Waals surface area (Å²) in [5.74, 6) is 0.818. The monoisotopic (exact) mass is 487 g/mol. The molecule has 34 heavy (non-hydrogen) atoms. The minimum absolute atomic E-state index is 0.00729. The summed E-state index contributed by atoms with van der Waals surface area (Å²) >= 11 is 3.09. The van der Waals surface area contributed by atoms with Gasteiger partial charge in [0.1, 0.15) is 15.7 Å². The van der Waals surface area contributed by atoms with Crippen LogP contribution >= 0.6 is 23.5 Å². The Morgan fingerprint density at radius 1 is 0.853 bits per heavy atom. The van der Waals surface area contributed by atoms with Crippen molar-refractivity contribution < 1.29 is 9.53 Å². The molecule has 2 aliphatic heterocycles. The van der Waals surface area contributed by atoms with Crippen LogP contribution in [0.4, 0.5) is 11.4 Å². The SMILES string of the molecule is CCN1C(=O)/C(=C2\Sc3ccc(OC)cc3N2CC)SC1=Nc1ccc(-c2ccccc2)cc1. The maximum Gasteiger partial charge on any atom is 0.269 e. The summed E-state index contributed by atoms with van der Waals surface area (Å²) in [6.45, 7) is 5.42. The van der Waals surface area contributed by atoms with Crippen LogP contribution in [0, 0.1) is 0 Å². The van der Waals surface area contributed by atoms with Gasteiger partial charge in [-0.15, -0.1) is 0 Å². The average Bonchev–Trinajstić information content (AvgIpc) is 3.40. The lowest BCUT2D eigenvalue weighted by Crippen LogP contribution is -2.29. The van der Waals surface area contributed by atoms with Crippen molar-refractivity contribution in [3.05, 3.63) is 82.7 Å². The number of aliphatic imine (C=N–C) groups is 1. The van der Waals surface area contributed by atoms with Gasteiger partial charge in [0.15, 0.2) is 5.17 Å². The maximum atomic E-state index is 13.4. The van der Waals surface area contributed by atoms with E-state index >= 15 is 0 Å². The Kier molecular flexibility index (Phi) is 6.39. The fourth-order valence-corrected chi connectivity index (χ4v) is 6.48. The van der Waals surface area contributed by atoms with Crippen molar-refractivity contribution in [2.24, 2.45) is 4.99 Å². The average molecular weight is 488 g/mol. The van der Waals surface area contributed by atoms with Gasteiger partial charge in [0, 0.05) is 24.1 Å². The summed E-state index contributed by atoms with van der Waals surface area (Å²) in [6.07, 6.45) is 0. The third-order valence-electron chi connectivity index (χ3n) is 5.80. The first-order chi connectivity index (χ1) is 16.6. The van der Waals surface area contributed by atoms with E-state index in [4.69, 9.17) is 9.73 Å². The van der Waals surface area contributed by atoms with Crippen LogP contribution in [0.3, 0.4) is 0 Å². The fraction of sp³-hybridized carbons (Fsp3) is 0.185. The summed E-state index contributed by atoms with van der Waals surface area (Å²) in [7, 11) is 1.67. The topological polar surface area (TPSA) is 45.1 Å². The largest absolute Gasteiger partial charge is 0.497 e. The number of methoxy groups -OCH3 is 1. The second-order valence-electron chi connectivity index (χ2n) is 7.77. The van der Waals surface area contributed by atoms with E-state index in [1.54, 1.807) is 23.8 Å². The number of rotatable bonds is 5. The molecule has 3 aromatic rings. The van der Waals surface area contributed by atoms with E-state index in [1.165, 1.54) is 17.3 Å². The van der Waals surface area contributed by atoms with Gasteiger partial charge in [-0.3, -0.25) is 9.69 Å². The number of carbonyl (C=O) groups excluding carboxylic acids is 1. The van der Waals surface area contributed by atoms with Crippen molar-refractivity contribution in [1.29, 1.82) is 0 Å². The number of anilines is 1. The maximum absolute atomic E-state index is 13.4. The zero-order chi connectivity index (χ0) is 23.7. The third-order valence-corrected chi connectivity index (χ3v) is 8.18. The zero-order valence-corrected chi connectivity index (χ0v) is 21.0. The molecule has 7 heteroatoms. The number of hydrogen-bond donors (Lipinski definition) is 0. The van der Waals surface area contributed by atoms with Gasteiger partial charge in [0.05, 0.1) is 18.5 Å². The van der Waals surface area contributed by atoms with Crippen molar-refractivity contribution in [1.82, 2.24) is 4.90 Å². The molecule has 0 radical (unpaired) electrons. The molecule has 2 heterocycles. The van der Waals surface area contributed by atoms with Gasteiger partial charge in [-0.25, -0.2) is 4.99 Å². The van der Waals surface area contributed by atoms with E-state index in [0.29, 0.717) is 11.7 Å². The summed E-state index contributed by atoms with van der Waals surface area (Å²) in [5, 5.41) is 1.68. The highest BCUT2D eigenvalue weighted by Crippen LogP contribution is 2.51. The van der Waals surface area contributed by atoms with E-state index in [2.05, 4.69) is 42.2 Å². The summed E-state index contributed by atoms with van der Waals surface area (Å²) in [6, 6.07) is 24.5. The van der Waals surface area contributed by atoms with Crippen LogP contribution in [0.2, 0.25) is 0 Å². The Hall–Kier alpha value is -3.16. The van der Waals surface area contributed by atoms with Crippen LogP contribution in [0.5, 0.6) is 5.75 Å². The van der Waals surface area contributed by atoms with Crippen LogP contribution in [0.15, 0.2) is 92.6 Å². The van der Waals surface area contributed by atoms with Crippen molar-refractivity contribution in [3.63, 3.8) is 0 Å². The Balaban J connectivity index is 1.47. The zero-order valence-electron chi connectivity index (χ0n) is 19.3. The second kappa shape index (κ2) is 9.60. The number of hydrogen-bond acceptors (Lipinski definition) is 6. The molecule has 0 aromatic heterocycles. The molecule has 0 spiro atoms. The van der Waals surface area contributed by atoms with Crippen molar-refractivity contribution in [2.45, 2.75) is 18.7 Å². The molecule has 0 saturated carbocycles. The molecule has 5 rings (SSSR count). The van der Waals surface area contributed by atoms with E-state index in [0.717, 1.165) is 44.1 Å². The minimum Gasteiger partial charge on any atom is -0.497 e. The van der Waals surface area contributed by atoms with Crippen LogP contribution < -0.4 is 9.64 Å². The first kappa shape index (κ1) is 22.6. The molecule has 0 unspecified atom stereocenters. The number of likely N-dealkylation sites (N-methyl/N-ethyl adjacent to an activating group) is 1. The van der Waals surface area contributed by atoms with Crippen molar-refractivity contribution in [2.75, 3.05) is 25.1 Å². The van der Waals surface area contributed by atoms with E-state index < -0.39 is 0 Å². The quantitative estimate of drug-likeness (QED) is 0.373. The smallest absolute Gasteiger partial charge is 0.269 e. The van der Waals surface area contributed by atoms with Crippen LogP contribution in [0.1, 0.15) is 13.8 Å². The highest BCUT2D eigenvalue weighted by molar-refractivity contribution is 8.19. The Morgan fingerprint density at radius 2 is 1.56 bits per heavy atom. The lowest BCUT2D eigenvalue weighted by molar-refractivity contribution is -0.122. The molecule has 0 bridgehead atoms. The summed E-state index contributed by atoms with van der Waals surface area (Å²) < 4.78 is 5.42. The molecule has 3 aromatic carbocycles. The molecule has 0 atom stereocenters. The van der Waals surface area contributed by atoms with Crippen LogP contribution in [-0.4, -0.2) is 36.2 Å². The number of nitrogens with zero attached hydrogens (tertiary/aromatic N) is 3. The van der Waals surface area contributed by atoms with E-state index in [1.807, 2.05) is 49.4 Å². The molecular formula is C27H25N3O2S2. The Labute approximate surface area is 208 Å². The highest BCUT2D eigenvalue weighted by Gasteiger charge is 2.39. The first-order valence-electron chi connectivity index (χ1n) is 11.2. The summed E-state index contributed by atoms with van der Waals surface area (Å²) in [4.78, 5) is 24.1. The molecule has 1 amide bonds. The predicted octanol–water partition coefficient (Wildman–Crippen LogP) is 6.75. The number of fused-ring (bicyclic) bond motifs is 1. The van der Waals surface area contributed by atoms with Crippen LogP contribution in [0.25, 0.3) is 11.1 Å². The number of carbonyl (C=O) groups is 1. The number of thioether (sulfide) groups is 2. The van der Waals surface area contributed by atoms with Gasteiger partial charge in [0.25, 0.3) is 5.91 Å². The normalized spacial score (nSPS) is 18.7. The van der Waals surface area contributed by atoms with Crippen LogP contribution in [-0.2, 0) is 4.79 Å². The Morgan fingerprint density at radius 3 is 2.24 bits per heavy atom. The Bertz CT molecular complexity index is 1290. The van der Waals surface area contributed by atoms with E-state index in [-0.39, 0.29) is 5.91 Å². The van der Waals surface area contributed by atoms with Gasteiger partial charge in [-0.2, -0.15) is 0 Å². The molecule has 0 aliphatic carbocycles. The standard InChI is InChI=1S/C27H25N3O2S2/c1-4-29-22-17-21(32-3)15-16-23(22)33-26(29)24-25(31)30(5-2)27(34-24)28-20-13-11-19(12-14-20)18-9-7-6-8-10-18/h6-17H,4-5H2,1-3H3/b26-24+,28-27?. The van der Waals surface area contributed by atoms with Gasteiger partial charge in [-0.05, 0) is 61.0 Å². The number of ether oxygens (including phenoxy) is 1. The predicted molar refractivity (Wildman–Crippen MR) is 143 cm³/mol. The van der Waals surface area contributed by atoms with Gasteiger partial charge >= 0.3 is 0 Å². The fourth-order valence-electron chi connectivity index (χ4n) is 4.04. The molecule has 5 nitrogen and oxygen atoms in total. The van der Waals surface area contributed by atoms with Crippen molar-refractivity contribution in [3.8, 4) is 16.9 Å². The highest BCUT2D eigenvalue weighted by atomic mass is 32.2. The summed E-state index contributed by atoms with van der Waals surface area (Å²) in [5.41, 5.74) is 4.22. The second-order valence-corrected chi connectivity index (χ2v) is 9.78. The number of benzene rings is 3. The molecule has 1 saturated heterocycles. The van der Waals surface area contributed by atoms with Gasteiger partial charge in [-0.1, -0.05) is 54.2 Å². The molecule has 1 fully saturated rings. The van der Waals surface area contributed by atoms with E-state index in [9.17, 15) is 4.79 Å². The van der Waals surface area contributed by atoms with Gasteiger partial charge < -0.3 is 9.64 Å². The lowest BCUT2D eigenvalue weighted by Gasteiger charge is -2.19. The molecule has 2 aliphatic rings. The first-order valence-corrected chi connectivity index (χ1v) is 12.9. The lowest BCUT2D eigenvalue weighted by atomic mass is 10.1. The van der Waals surface area contributed by atoms with Gasteiger partial charge in [0.2, 0.25) is 0 Å². The number of amidine groups is 1. The number of amides is 1. The minimum atomic E-state index is 0.00729.